The molecule has 1 heterocycles. The number of benzene rings is 1. The Hall–Kier alpha value is -2.38. The van der Waals surface area contributed by atoms with E-state index >= 15 is 0 Å². The highest BCUT2D eigenvalue weighted by molar-refractivity contribution is 5.60. The lowest BCUT2D eigenvalue weighted by molar-refractivity contribution is 0.386. The van der Waals surface area contributed by atoms with Gasteiger partial charge in [0, 0.05) is 12.1 Å². The number of ether oxygens (including phenoxy) is 1. The first-order chi connectivity index (χ1) is 7.63. The van der Waals surface area contributed by atoms with Crippen molar-refractivity contribution in [3.8, 4) is 11.4 Å². The number of tetrazole rings is 1. The topological polar surface area (TPSA) is 98.8 Å². The number of halogens is 1. The van der Waals surface area contributed by atoms with Gasteiger partial charge in [0.05, 0.1) is 18.5 Å². The molecule has 0 aliphatic heterocycles. The highest BCUT2D eigenvalue weighted by Gasteiger charge is 2.12. The number of nitrogen functional groups attached to an aromatic ring is 1. The number of aromatic nitrogens is 4. The molecule has 0 spiro atoms. The molecule has 0 fully saturated rings. The van der Waals surface area contributed by atoms with E-state index in [1.165, 1.54) is 13.2 Å². The van der Waals surface area contributed by atoms with Crippen LogP contribution in [0.5, 0.6) is 5.75 Å². The summed E-state index contributed by atoms with van der Waals surface area (Å²) in [5, 5.41) is 8.81. The zero-order valence-electron chi connectivity index (χ0n) is 8.27. The molecule has 0 radical (unpaired) electrons. The molecule has 16 heavy (non-hydrogen) atoms. The molecule has 0 aliphatic carbocycles. The molecule has 3 N–H and O–H groups in total. The minimum absolute atomic E-state index is 0.00204. The summed E-state index contributed by atoms with van der Waals surface area (Å²) < 4.78 is 19.0. The van der Waals surface area contributed by atoms with Crippen LogP contribution in [0.2, 0.25) is 0 Å². The summed E-state index contributed by atoms with van der Waals surface area (Å²) in [7, 11) is 1.32. The van der Waals surface area contributed by atoms with Crippen molar-refractivity contribution >= 4 is 5.69 Å². The maximum atomic E-state index is 13.4. The van der Waals surface area contributed by atoms with Crippen LogP contribution in [0.3, 0.4) is 0 Å². The summed E-state index contributed by atoms with van der Waals surface area (Å²) in [6, 6.07) is 2.32. The molecule has 7 nitrogen and oxygen atoms in total. The van der Waals surface area contributed by atoms with Gasteiger partial charge in [0.15, 0.2) is 11.6 Å². The van der Waals surface area contributed by atoms with Crippen LogP contribution in [0, 0.1) is 5.82 Å². The summed E-state index contributed by atoms with van der Waals surface area (Å²) in [6.45, 7) is 0. The highest BCUT2D eigenvalue weighted by Crippen LogP contribution is 2.25. The summed E-state index contributed by atoms with van der Waals surface area (Å²) in [4.78, 5) is 11.2. The first kappa shape index (κ1) is 10.1. The average Bonchev–Trinajstić information content (AvgIpc) is 2.67. The van der Waals surface area contributed by atoms with Gasteiger partial charge in [0.2, 0.25) is 0 Å². The Labute approximate surface area is 88.6 Å². The fourth-order valence-corrected chi connectivity index (χ4v) is 1.25. The summed E-state index contributed by atoms with van der Waals surface area (Å²) >= 11 is 0. The predicted octanol–water partition coefficient (Wildman–Crippen LogP) is -0.315. The molecular weight excluding hydrogens is 217 g/mol. The van der Waals surface area contributed by atoms with Crippen molar-refractivity contribution in [3.05, 3.63) is 28.4 Å². The first-order valence-corrected chi connectivity index (χ1v) is 4.27. The van der Waals surface area contributed by atoms with Crippen molar-refractivity contribution < 1.29 is 9.13 Å². The SMILES string of the molecule is COc1cc(N)c(-n2nn[nH]c2=O)cc1F. The number of methoxy groups -OCH3 is 1. The molecule has 1 aromatic heterocycles. The Bertz CT molecular complexity index is 576. The molecule has 0 bridgehead atoms. The lowest BCUT2D eigenvalue weighted by Gasteiger charge is -2.07. The highest BCUT2D eigenvalue weighted by atomic mass is 19.1. The second-order valence-corrected chi connectivity index (χ2v) is 2.96. The Balaban J connectivity index is 2.63. The molecule has 0 aliphatic rings. The summed E-state index contributed by atoms with van der Waals surface area (Å²) in [5.74, 6) is -0.639. The van der Waals surface area contributed by atoms with Gasteiger partial charge in [-0.3, -0.25) is 0 Å². The second kappa shape index (κ2) is 3.65. The van der Waals surface area contributed by atoms with Crippen LogP contribution in [-0.4, -0.2) is 27.3 Å². The van der Waals surface area contributed by atoms with Gasteiger partial charge in [-0.15, -0.1) is 0 Å². The number of H-pyrrole nitrogens is 1. The molecule has 0 atom stereocenters. The van der Waals surface area contributed by atoms with Crippen molar-refractivity contribution in [3.63, 3.8) is 0 Å². The van der Waals surface area contributed by atoms with Gasteiger partial charge in [-0.1, -0.05) is 0 Å². The molecule has 0 amide bonds. The third kappa shape index (κ3) is 1.49. The average molecular weight is 225 g/mol. The maximum Gasteiger partial charge on any atom is 0.365 e. The van der Waals surface area contributed by atoms with E-state index in [0.29, 0.717) is 0 Å². The number of nitrogens with zero attached hydrogens (tertiary/aromatic N) is 3. The van der Waals surface area contributed by atoms with E-state index < -0.39 is 11.5 Å². The molecular formula is C8H8FN5O2. The number of anilines is 1. The van der Waals surface area contributed by atoms with Crippen LogP contribution in [0.4, 0.5) is 10.1 Å². The maximum absolute atomic E-state index is 13.4. The monoisotopic (exact) mass is 225 g/mol. The van der Waals surface area contributed by atoms with Crippen molar-refractivity contribution in [1.29, 1.82) is 0 Å². The molecule has 8 heteroatoms. The zero-order chi connectivity index (χ0) is 11.7. The van der Waals surface area contributed by atoms with Crippen LogP contribution in [0.25, 0.3) is 5.69 Å². The standard InChI is InChI=1S/C8H8FN5O2/c1-16-7-3-5(10)6(2-4(7)9)14-8(15)11-12-13-14/h2-3H,10H2,1H3,(H,11,13,15). The number of hydrogen-bond donors (Lipinski definition) is 2. The van der Waals surface area contributed by atoms with Crippen LogP contribution < -0.4 is 16.2 Å². The van der Waals surface area contributed by atoms with Gasteiger partial charge in [-0.2, -0.15) is 4.68 Å². The second-order valence-electron chi connectivity index (χ2n) is 2.96. The largest absolute Gasteiger partial charge is 0.494 e. The molecule has 0 saturated heterocycles. The quantitative estimate of drug-likeness (QED) is 0.683. The fraction of sp³-hybridized carbons (Fsp3) is 0.125. The van der Waals surface area contributed by atoms with Gasteiger partial charge in [-0.25, -0.2) is 14.3 Å². The zero-order valence-corrected chi connectivity index (χ0v) is 8.27. The van der Waals surface area contributed by atoms with E-state index in [4.69, 9.17) is 10.5 Å². The first-order valence-electron chi connectivity index (χ1n) is 4.27. The minimum atomic E-state index is -0.637. The van der Waals surface area contributed by atoms with Crippen molar-refractivity contribution in [1.82, 2.24) is 20.2 Å². The van der Waals surface area contributed by atoms with E-state index in [1.54, 1.807) is 0 Å². The Morgan fingerprint density at radius 1 is 1.56 bits per heavy atom. The molecule has 0 unspecified atom stereocenters. The van der Waals surface area contributed by atoms with Gasteiger partial charge in [0.25, 0.3) is 0 Å². The third-order valence-electron chi connectivity index (χ3n) is 2.00. The number of rotatable bonds is 2. The number of aromatic amines is 1. The van der Waals surface area contributed by atoms with Gasteiger partial charge < -0.3 is 10.5 Å². The Morgan fingerprint density at radius 3 is 2.88 bits per heavy atom. The van der Waals surface area contributed by atoms with Gasteiger partial charge >= 0.3 is 5.69 Å². The van der Waals surface area contributed by atoms with Crippen LogP contribution in [0.15, 0.2) is 16.9 Å². The Morgan fingerprint density at radius 2 is 2.31 bits per heavy atom. The fourth-order valence-electron chi connectivity index (χ4n) is 1.25. The molecule has 0 saturated carbocycles. The third-order valence-corrected chi connectivity index (χ3v) is 2.00. The molecule has 1 aromatic carbocycles. The number of nitrogens with one attached hydrogen (secondary N) is 1. The lowest BCUT2D eigenvalue weighted by Crippen LogP contribution is -2.17. The van der Waals surface area contributed by atoms with E-state index in [0.717, 1.165) is 10.7 Å². The molecule has 2 rings (SSSR count). The molecule has 2 aromatic rings. The predicted molar refractivity (Wildman–Crippen MR) is 52.9 cm³/mol. The van der Waals surface area contributed by atoms with Crippen LogP contribution in [-0.2, 0) is 0 Å². The van der Waals surface area contributed by atoms with Gasteiger partial charge in [-0.05, 0) is 10.4 Å². The van der Waals surface area contributed by atoms with E-state index in [-0.39, 0.29) is 17.1 Å². The van der Waals surface area contributed by atoms with Crippen molar-refractivity contribution in [2.45, 2.75) is 0 Å². The normalized spacial score (nSPS) is 10.4. The minimum Gasteiger partial charge on any atom is -0.494 e. The molecule has 84 valence electrons. The van der Waals surface area contributed by atoms with Crippen molar-refractivity contribution in [2.75, 3.05) is 12.8 Å². The van der Waals surface area contributed by atoms with E-state index in [1.807, 2.05) is 0 Å². The number of nitrogens with two attached hydrogens (primary N) is 1. The summed E-state index contributed by atoms with van der Waals surface area (Å²) in [5.41, 5.74) is 5.31. The van der Waals surface area contributed by atoms with Gasteiger partial charge in [0.1, 0.15) is 0 Å². The Kier molecular flexibility index (Phi) is 2.31. The lowest BCUT2D eigenvalue weighted by atomic mass is 10.2. The van der Waals surface area contributed by atoms with E-state index in [2.05, 4.69) is 15.5 Å². The van der Waals surface area contributed by atoms with Crippen LogP contribution >= 0.6 is 0 Å². The van der Waals surface area contributed by atoms with E-state index in [9.17, 15) is 9.18 Å². The van der Waals surface area contributed by atoms with Crippen molar-refractivity contribution in [2.24, 2.45) is 0 Å². The smallest absolute Gasteiger partial charge is 0.365 e. The van der Waals surface area contributed by atoms with Crippen LogP contribution in [0.1, 0.15) is 0 Å². The number of hydrogen-bond acceptors (Lipinski definition) is 5. The summed E-state index contributed by atoms with van der Waals surface area (Å²) in [6.07, 6.45) is 0.